The van der Waals surface area contributed by atoms with Crippen LogP contribution in [0.5, 0.6) is 0 Å². The summed E-state index contributed by atoms with van der Waals surface area (Å²) in [5.74, 6) is 0. The van der Waals surface area contributed by atoms with Crippen LogP contribution in [-0.2, 0) is 22.8 Å². The Balaban J connectivity index is 2.32. The molecule has 0 fully saturated rings. The van der Waals surface area contributed by atoms with Crippen LogP contribution in [0.3, 0.4) is 0 Å². The second-order valence-electron chi connectivity index (χ2n) is 5.67. The van der Waals surface area contributed by atoms with Crippen molar-refractivity contribution in [2.45, 2.75) is 51.3 Å². The van der Waals surface area contributed by atoms with E-state index in [4.69, 9.17) is 0 Å². The Morgan fingerprint density at radius 2 is 2.17 bits per heavy atom. The largest absolute Gasteiger partial charge is 0.311 e. The molecule has 104 valence electrons. The number of hydrogen-bond acceptors (Lipinski definition) is 4. The normalized spacial score (nSPS) is 15.6. The van der Waals surface area contributed by atoms with Gasteiger partial charge in [-0.2, -0.15) is 0 Å². The lowest BCUT2D eigenvalue weighted by atomic mass is 9.98. The van der Waals surface area contributed by atoms with Crippen molar-refractivity contribution in [3.8, 4) is 0 Å². The van der Waals surface area contributed by atoms with Crippen molar-refractivity contribution in [1.29, 1.82) is 0 Å². The Kier molecular flexibility index (Phi) is 5.95. The molecule has 1 rings (SSSR count). The van der Waals surface area contributed by atoms with Gasteiger partial charge in [0.15, 0.2) is 0 Å². The Hall–Kier alpha value is -0.260. The molecule has 1 aromatic rings. The van der Waals surface area contributed by atoms with Gasteiger partial charge in [-0.3, -0.25) is 4.21 Å². The second-order valence-corrected chi connectivity index (χ2v) is 8.33. The molecule has 3 nitrogen and oxygen atoms in total. The number of hydrogen-bond donors (Lipinski definition) is 1. The number of aromatic nitrogens is 1. The lowest BCUT2D eigenvalue weighted by molar-refractivity contribution is 0.577. The summed E-state index contributed by atoms with van der Waals surface area (Å²) in [6, 6.07) is 0. The summed E-state index contributed by atoms with van der Waals surface area (Å²) in [4.78, 5) is 4.63. The zero-order valence-corrected chi connectivity index (χ0v) is 13.6. The van der Waals surface area contributed by atoms with Gasteiger partial charge in [0.1, 0.15) is 0 Å². The highest BCUT2D eigenvalue weighted by Gasteiger charge is 2.17. The monoisotopic (exact) mass is 288 g/mol. The molecule has 5 heteroatoms. The van der Waals surface area contributed by atoms with Crippen molar-refractivity contribution in [3.63, 3.8) is 0 Å². The first-order chi connectivity index (χ1) is 8.30. The molecule has 1 heterocycles. The van der Waals surface area contributed by atoms with Gasteiger partial charge in [0, 0.05) is 39.6 Å². The molecule has 0 aliphatic rings. The lowest BCUT2D eigenvalue weighted by Crippen LogP contribution is -2.21. The maximum atomic E-state index is 11.2. The van der Waals surface area contributed by atoms with Gasteiger partial charge in [0.05, 0.1) is 10.7 Å². The first-order valence-corrected chi connectivity index (χ1v) is 8.78. The molecule has 18 heavy (non-hydrogen) atoms. The molecule has 0 saturated carbocycles. The van der Waals surface area contributed by atoms with Crippen LogP contribution in [0.4, 0.5) is 0 Å². The van der Waals surface area contributed by atoms with Crippen molar-refractivity contribution >= 4 is 22.1 Å². The SMILES string of the molecule is CC(CCNCc1csc(C(C)(C)C)n1)S(C)=O. The number of nitrogens with zero attached hydrogens (tertiary/aromatic N) is 1. The maximum absolute atomic E-state index is 11.2. The first-order valence-electron chi connectivity index (χ1n) is 6.28. The van der Waals surface area contributed by atoms with E-state index in [2.05, 4.69) is 36.5 Å². The Morgan fingerprint density at radius 1 is 1.50 bits per heavy atom. The minimum atomic E-state index is -0.720. The zero-order chi connectivity index (χ0) is 13.8. The van der Waals surface area contributed by atoms with Crippen LogP contribution in [0.2, 0.25) is 0 Å². The van der Waals surface area contributed by atoms with Crippen LogP contribution >= 0.6 is 11.3 Å². The van der Waals surface area contributed by atoms with Crippen LogP contribution in [0.25, 0.3) is 0 Å². The van der Waals surface area contributed by atoms with Crippen molar-refractivity contribution in [2.24, 2.45) is 0 Å². The molecule has 2 unspecified atom stereocenters. The Bertz CT molecular complexity index is 396. The minimum Gasteiger partial charge on any atom is -0.311 e. The molecule has 0 amide bonds. The smallest absolute Gasteiger partial charge is 0.0982 e. The Morgan fingerprint density at radius 3 is 2.67 bits per heavy atom. The standard InChI is InChI=1S/C13H24N2OS2/c1-10(18(5)16)6-7-14-8-11-9-17-12(15-11)13(2,3)4/h9-10,14H,6-8H2,1-5H3. The fourth-order valence-electron chi connectivity index (χ4n) is 1.42. The summed E-state index contributed by atoms with van der Waals surface area (Å²) in [7, 11) is -0.720. The van der Waals surface area contributed by atoms with Crippen LogP contribution in [-0.4, -0.2) is 27.2 Å². The van der Waals surface area contributed by atoms with Crippen LogP contribution in [0, 0.1) is 0 Å². The van der Waals surface area contributed by atoms with E-state index in [1.54, 1.807) is 17.6 Å². The number of thiazole rings is 1. The fourth-order valence-corrected chi connectivity index (χ4v) is 2.78. The second kappa shape index (κ2) is 6.78. The van der Waals surface area contributed by atoms with Crippen molar-refractivity contribution < 1.29 is 4.21 Å². The number of rotatable bonds is 6. The third-order valence-electron chi connectivity index (χ3n) is 2.79. The van der Waals surface area contributed by atoms with E-state index in [-0.39, 0.29) is 10.7 Å². The van der Waals surface area contributed by atoms with Crippen LogP contribution < -0.4 is 5.32 Å². The molecule has 0 aliphatic carbocycles. The number of nitrogens with one attached hydrogen (secondary N) is 1. The van der Waals surface area contributed by atoms with Gasteiger partial charge in [-0.25, -0.2) is 4.98 Å². The lowest BCUT2D eigenvalue weighted by Gasteiger charge is -2.13. The van der Waals surface area contributed by atoms with Crippen LogP contribution in [0.15, 0.2) is 5.38 Å². The topological polar surface area (TPSA) is 42.0 Å². The summed E-state index contributed by atoms with van der Waals surface area (Å²) >= 11 is 1.73. The van der Waals surface area contributed by atoms with E-state index >= 15 is 0 Å². The third kappa shape index (κ3) is 5.16. The fraction of sp³-hybridized carbons (Fsp3) is 0.769. The van der Waals surface area contributed by atoms with E-state index in [0.29, 0.717) is 0 Å². The van der Waals surface area contributed by atoms with E-state index in [1.807, 2.05) is 6.92 Å². The molecule has 0 aromatic carbocycles. The molecule has 1 N–H and O–H groups in total. The van der Waals surface area contributed by atoms with E-state index in [0.717, 1.165) is 25.2 Å². The molecule has 0 saturated heterocycles. The van der Waals surface area contributed by atoms with Gasteiger partial charge < -0.3 is 5.32 Å². The van der Waals surface area contributed by atoms with Gasteiger partial charge in [-0.05, 0) is 13.0 Å². The van der Waals surface area contributed by atoms with Crippen LogP contribution in [0.1, 0.15) is 44.8 Å². The molecular formula is C13H24N2OS2. The highest BCUT2D eigenvalue weighted by atomic mass is 32.2. The predicted octanol–water partition coefficient (Wildman–Crippen LogP) is 2.69. The molecule has 0 bridgehead atoms. The summed E-state index contributed by atoms with van der Waals surface area (Å²) < 4.78 is 11.2. The van der Waals surface area contributed by atoms with Gasteiger partial charge >= 0.3 is 0 Å². The average Bonchev–Trinajstić information content (AvgIpc) is 2.72. The average molecular weight is 288 g/mol. The van der Waals surface area contributed by atoms with E-state index < -0.39 is 10.8 Å². The highest BCUT2D eigenvalue weighted by molar-refractivity contribution is 7.84. The van der Waals surface area contributed by atoms with E-state index in [9.17, 15) is 4.21 Å². The zero-order valence-electron chi connectivity index (χ0n) is 11.9. The third-order valence-corrected chi connectivity index (χ3v) is 5.48. The summed E-state index contributed by atoms with van der Waals surface area (Å²) in [5, 5.41) is 6.93. The first kappa shape index (κ1) is 15.8. The van der Waals surface area contributed by atoms with Gasteiger partial charge in [0.2, 0.25) is 0 Å². The molecular weight excluding hydrogens is 264 g/mol. The molecule has 0 aliphatic heterocycles. The molecule has 2 atom stereocenters. The quantitative estimate of drug-likeness (QED) is 0.818. The minimum absolute atomic E-state index is 0.135. The Labute approximate surface area is 117 Å². The van der Waals surface area contributed by atoms with E-state index in [1.165, 1.54) is 5.01 Å². The summed E-state index contributed by atoms with van der Waals surface area (Å²) in [5.41, 5.74) is 1.24. The maximum Gasteiger partial charge on any atom is 0.0982 e. The highest BCUT2D eigenvalue weighted by Crippen LogP contribution is 2.25. The van der Waals surface area contributed by atoms with Gasteiger partial charge in [-0.15, -0.1) is 11.3 Å². The predicted molar refractivity (Wildman–Crippen MR) is 80.7 cm³/mol. The van der Waals surface area contributed by atoms with Crippen molar-refractivity contribution in [1.82, 2.24) is 10.3 Å². The molecule has 0 radical (unpaired) electrons. The summed E-state index contributed by atoms with van der Waals surface area (Å²) in [6.45, 7) is 10.3. The van der Waals surface area contributed by atoms with Gasteiger partial charge in [-0.1, -0.05) is 27.7 Å². The van der Waals surface area contributed by atoms with Crippen molar-refractivity contribution in [2.75, 3.05) is 12.8 Å². The molecule has 1 aromatic heterocycles. The summed E-state index contributed by atoms with van der Waals surface area (Å²) in [6.07, 6.45) is 2.71. The van der Waals surface area contributed by atoms with Gasteiger partial charge in [0.25, 0.3) is 0 Å². The van der Waals surface area contributed by atoms with Crippen molar-refractivity contribution in [3.05, 3.63) is 16.1 Å². The molecule has 0 spiro atoms.